The van der Waals surface area contributed by atoms with Crippen molar-refractivity contribution in [3.8, 4) is 0 Å². The fourth-order valence-corrected chi connectivity index (χ4v) is 1.62. The predicted molar refractivity (Wildman–Crippen MR) is 69.4 cm³/mol. The van der Waals surface area contributed by atoms with Gasteiger partial charge in [-0.1, -0.05) is 0 Å². The summed E-state index contributed by atoms with van der Waals surface area (Å²) in [4.78, 5) is 11.5. The van der Waals surface area contributed by atoms with Crippen LogP contribution in [0.3, 0.4) is 0 Å². The van der Waals surface area contributed by atoms with Crippen molar-refractivity contribution >= 4 is 53.8 Å². The summed E-state index contributed by atoms with van der Waals surface area (Å²) in [7, 11) is 0. The van der Waals surface area contributed by atoms with Gasteiger partial charge in [-0.05, 0) is 47.8 Å². The van der Waals surface area contributed by atoms with Crippen LogP contribution < -0.4 is 0 Å². The van der Waals surface area contributed by atoms with Gasteiger partial charge < -0.3 is 29.9 Å². The van der Waals surface area contributed by atoms with Crippen molar-refractivity contribution in [3.05, 3.63) is 0 Å². The number of aliphatic hydroxyl groups excluding tert-OH is 4. The quantitative estimate of drug-likeness (QED) is 0.315. The summed E-state index contributed by atoms with van der Waals surface area (Å²) in [6, 6.07) is 0. The number of carbonyl (C=O) groups is 1. The molecule has 0 bridgehead atoms. The molecule has 0 unspecified atom stereocenters. The number of hydrogen-bond acceptors (Lipinski definition) is 7. The average molecular weight is 459 g/mol. The smallest absolute Gasteiger partial charge is 0.347 e. The third-order valence-corrected chi connectivity index (χ3v) is 3.27. The molecule has 106 valence electrons. The molecule has 10 heteroatoms. The van der Waals surface area contributed by atoms with E-state index in [1.165, 1.54) is 0 Å². The molecular weight excluding hydrogens is 448 g/mol. The molecule has 1 saturated heterocycles. The number of aliphatic hydroxyl groups is 4. The molecule has 1 aliphatic rings. The lowest BCUT2D eigenvalue weighted by molar-refractivity contribution is -0.292. The molecule has 1 fully saturated rings. The lowest BCUT2D eigenvalue weighted by Crippen LogP contribution is -2.59. The standard InChI is InChI=1S/C8H11Br3O7/c9-8(10,11)7(16)18-6-5(15)4(14)3(13)2(1-12)17-6/h2-6,12-15H,1H2/t2-,3-,4+,5-,6+/m1/s1. The van der Waals surface area contributed by atoms with E-state index in [0.717, 1.165) is 0 Å². The van der Waals surface area contributed by atoms with E-state index in [2.05, 4.69) is 47.8 Å². The molecule has 0 radical (unpaired) electrons. The van der Waals surface area contributed by atoms with Crippen LogP contribution in [0.2, 0.25) is 0 Å². The molecule has 18 heavy (non-hydrogen) atoms. The highest BCUT2D eigenvalue weighted by atomic mass is 80.0. The van der Waals surface area contributed by atoms with E-state index in [9.17, 15) is 20.1 Å². The highest BCUT2D eigenvalue weighted by molar-refractivity contribution is 9.40. The van der Waals surface area contributed by atoms with Crippen LogP contribution in [-0.4, -0.2) is 65.9 Å². The Bertz CT molecular complexity index is 306. The highest BCUT2D eigenvalue weighted by Crippen LogP contribution is 2.36. The van der Waals surface area contributed by atoms with E-state index < -0.39 is 45.4 Å². The maximum Gasteiger partial charge on any atom is 0.347 e. The van der Waals surface area contributed by atoms with Gasteiger partial charge in [-0.2, -0.15) is 0 Å². The molecule has 5 atom stereocenters. The molecule has 0 aromatic carbocycles. The number of hydrogen-bond donors (Lipinski definition) is 4. The van der Waals surface area contributed by atoms with E-state index in [1.54, 1.807) is 0 Å². The summed E-state index contributed by atoms with van der Waals surface area (Å²) in [5.41, 5.74) is 0. The number of carbonyl (C=O) groups excluding carboxylic acids is 1. The van der Waals surface area contributed by atoms with Crippen LogP contribution in [0.5, 0.6) is 0 Å². The first-order chi connectivity index (χ1) is 8.18. The van der Waals surface area contributed by atoms with Gasteiger partial charge in [-0.15, -0.1) is 0 Å². The monoisotopic (exact) mass is 456 g/mol. The Balaban J connectivity index is 2.74. The van der Waals surface area contributed by atoms with Gasteiger partial charge in [0.05, 0.1) is 6.61 Å². The Morgan fingerprint density at radius 1 is 1.17 bits per heavy atom. The van der Waals surface area contributed by atoms with Crippen LogP contribution in [-0.2, 0) is 14.3 Å². The van der Waals surface area contributed by atoms with Crippen LogP contribution in [0.25, 0.3) is 0 Å². The molecule has 0 amide bonds. The van der Waals surface area contributed by atoms with Crippen LogP contribution in [0.1, 0.15) is 0 Å². The van der Waals surface area contributed by atoms with Gasteiger partial charge in [0.25, 0.3) is 0 Å². The molecule has 0 aromatic heterocycles. The van der Waals surface area contributed by atoms with E-state index in [4.69, 9.17) is 14.6 Å². The van der Waals surface area contributed by atoms with Crippen molar-refractivity contribution in [2.45, 2.75) is 32.8 Å². The largest absolute Gasteiger partial charge is 0.430 e. The maximum atomic E-state index is 11.5. The minimum atomic E-state index is -1.62. The lowest BCUT2D eigenvalue weighted by Gasteiger charge is -2.39. The first-order valence-corrected chi connectivity index (χ1v) is 7.14. The summed E-state index contributed by atoms with van der Waals surface area (Å²) in [5.74, 6) is -0.869. The van der Waals surface area contributed by atoms with Crippen LogP contribution >= 0.6 is 47.8 Å². The second kappa shape index (κ2) is 6.44. The Kier molecular flexibility index (Phi) is 6.00. The molecule has 4 N–H and O–H groups in total. The minimum Gasteiger partial charge on any atom is -0.430 e. The predicted octanol–water partition coefficient (Wildman–Crippen LogP) is -0.832. The molecule has 0 aliphatic carbocycles. The van der Waals surface area contributed by atoms with Gasteiger partial charge >= 0.3 is 5.97 Å². The van der Waals surface area contributed by atoms with Crippen LogP contribution in [0, 0.1) is 0 Å². The zero-order valence-electron chi connectivity index (χ0n) is 8.74. The van der Waals surface area contributed by atoms with Gasteiger partial charge in [0.2, 0.25) is 8.43 Å². The Morgan fingerprint density at radius 2 is 1.72 bits per heavy atom. The van der Waals surface area contributed by atoms with Gasteiger partial charge in [0.1, 0.15) is 24.4 Å². The van der Waals surface area contributed by atoms with Crippen molar-refractivity contribution in [2.24, 2.45) is 0 Å². The molecule has 0 spiro atoms. The summed E-state index contributed by atoms with van der Waals surface area (Å²) in [6.07, 6.45) is -7.34. The lowest BCUT2D eigenvalue weighted by atomic mass is 9.99. The van der Waals surface area contributed by atoms with Gasteiger partial charge in [0, 0.05) is 0 Å². The van der Waals surface area contributed by atoms with Crippen molar-refractivity contribution in [3.63, 3.8) is 0 Å². The third-order valence-electron chi connectivity index (χ3n) is 2.30. The molecule has 1 aliphatic heterocycles. The van der Waals surface area contributed by atoms with Gasteiger partial charge in [-0.25, -0.2) is 4.79 Å². The Hall–Kier alpha value is 0.710. The van der Waals surface area contributed by atoms with Crippen molar-refractivity contribution in [1.29, 1.82) is 0 Å². The number of rotatable bonds is 2. The zero-order chi connectivity index (χ0) is 14.1. The number of ether oxygens (including phenoxy) is 2. The number of esters is 1. The van der Waals surface area contributed by atoms with Crippen molar-refractivity contribution in [1.82, 2.24) is 0 Å². The highest BCUT2D eigenvalue weighted by Gasteiger charge is 2.46. The summed E-state index contributed by atoms with van der Waals surface area (Å²) in [6.45, 7) is -0.596. The SMILES string of the molecule is O=C(O[C@@H]1O[C@H](CO)[C@@H](O)[C@H](O)[C@H]1O)C(Br)(Br)Br. The van der Waals surface area contributed by atoms with E-state index >= 15 is 0 Å². The maximum absolute atomic E-state index is 11.5. The molecule has 1 rings (SSSR count). The van der Waals surface area contributed by atoms with E-state index in [-0.39, 0.29) is 0 Å². The zero-order valence-corrected chi connectivity index (χ0v) is 13.5. The molecular formula is C8H11Br3O7. The second-order valence-corrected chi connectivity index (χ2v) is 10.4. The molecule has 1 heterocycles. The first kappa shape index (κ1) is 16.8. The summed E-state index contributed by atoms with van der Waals surface area (Å²) < 4.78 is 8.41. The normalized spacial score (nSPS) is 37.4. The van der Waals surface area contributed by atoms with Crippen molar-refractivity contribution in [2.75, 3.05) is 6.61 Å². The first-order valence-electron chi connectivity index (χ1n) is 4.76. The molecule has 0 saturated carbocycles. The molecule has 0 aromatic rings. The summed E-state index contributed by atoms with van der Waals surface area (Å²) >= 11 is 8.73. The second-order valence-electron chi connectivity index (χ2n) is 3.60. The molecule has 7 nitrogen and oxygen atoms in total. The minimum absolute atomic E-state index is 0.596. The van der Waals surface area contributed by atoms with Crippen LogP contribution in [0.4, 0.5) is 0 Å². The fraction of sp³-hybridized carbons (Fsp3) is 0.875. The van der Waals surface area contributed by atoms with Gasteiger partial charge in [0.15, 0.2) is 0 Å². The van der Waals surface area contributed by atoms with Crippen LogP contribution in [0.15, 0.2) is 0 Å². The topological polar surface area (TPSA) is 116 Å². The number of halogens is 3. The Morgan fingerprint density at radius 3 is 2.17 bits per heavy atom. The van der Waals surface area contributed by atoms with E-state index in [1.807, 2.05) is 0 Å². The Labute approximate surface area is 127 Å². The van der Waals surface area contributed by atoms with Crippen molar-refractivity contribution < 1.29 is 34.7 Å². The van der Waals surface area contributed by atoms with E-state index in [0.29, 0.717) is 0 Å². The third kappa shape index (κ3) is 3.85. The average Bonchev–Trinajstić information content (AvgIpc) is 2.28. The fourth-order valence-electron chi connectivity index (χ4n) is 1.34. The summed E-state index contributed by atoms with van der Waals surface area (Å²) in [5, 5.41) is 37.5. The van der Waals surface area contributed by atoms with Gasteiger partial charge in [-0.3, -0.25) is 0 Å². The number of alkyl halides is 3.